The summed E-state index contributed by atoms with van der Waals surface area (Å²) in [5.41, 5.74) is 6.49. The molecule has 0 aliphatic carbocycles. The molecule has 10 N–H and O–H groups in total. The lowest BCUT2D eigenvalue weighted by Gasteiger charge is -2.30. The number of hydrogen-bond donors (Lipinski definition) is 9. The molecule has 0 unspecified atom stereocenters. The fourth-order valence-electron chi connectivity index (χ4n) is 5.47. The number of aliphatic hydroxyl groups is 2. The number of benzene rings is 2. The summed E-state index contributed by atoms with van der Waals surface area (Å²) in [6, 6.07) is 6.86. The number of nitrogens with zero attached hydrogens (tertiary/aromatic N) is 1. The predicted molar refractivity (Wildman–Crippen MR) is 175 cm³/mol. The molecule has 7 atom stereocenters. The normalized spacial score (nSPS) is 18.4. The van der Waals surface area contributed by atoms with Crippen LogP contribution in [0.3, 0.4) is 0 Å². The van der Waals surface area contributed by atoms with Gasteiger partial charge in [-0.15, -0.1) is 0 Å². The smallest absolute Gasteiger partial charge is 0.326 e. The minimum Gasteiger partial charge on any atom is -0.508 e. The van der Waals surface area contributed by atoms with Crippen LogP contribution in [-0.4, -0.2) is 116 Å². The Morgan fingerprint density at radius 3 is 2.00 bits per heavy atom. The monoisotopic (exact) mass is 698 g/mol. The molecular formula is C33H42N6O11. The van der Waals surface area contributed by atoms with E-state index in [1.165, 1.54) is 19.1 Å². The van der Waals surface area contributed by atoms with Gasteiger partial charge in [-0.3, -0.25) is 28.8 Å². The summed E-state index contributed by atoms with van der Waals surface area (Å²) in [4.78, 5) is 90.5. The number of amides is 6. The van der Waals surface area contributed by atoms with Crippen LogP contribution < -0.4 is 27.0 Å². The van der Waals surface area contributed by atoms with Gasteiger partial charge in [-0.25, -0.2) is 4.79 Å². The average molecular weight is 699 g/mol. The summed E-state index contributed by atoms with van der Waals surface area (Å²) in [6.45, 7) is 2.05. The Morgan fingerprint density at radius 2 is 1.44 bits per heavy atom. The van der Waals surface area contributed by atoms with Crippen LogP contribution in [-0.2, 0) is 46.4 Å². The molecule has 1 aliphatic rings. The van der Waals surface area contributed by atoms with E-state index >= 15 is 0 Å². The first-order chi connectivity index (χ1) is 23.5. The second-order valence-electron chi connectivity index (χ2n) is 12.1. The molecule has 2 aromatic rings. The highest BCUT2D eigenvalue weighted by Gasteiger charge is 2.43. The highest BCUT2D eigenvalue weighted by molar-refractivity contribution is 5.98. The van der Waals surface area contributed by atoms with Crippen molar-refractivity contribution < 1.29 is 54.0 Å². The van der Waals surface area contributed by atoms with E-state index in [1.807, 2.05) is 0 Å². The molecule has 0 radical (unpaired) electrons. The third-order valence-electron chi connectivity index (χ3n) is 7.91. The van der Waals surface area contributed by atoms with E-state index in [9.17, 15) is 54.0 Å². The van der Waals surface area contributed by atoms with Crippen molar-refractivity contribution in [3.8, 4) is 5.75 Å². The first-order valence-corrected chi connectivity index (χ1v) is 15.7. The molecule has 1 saturated heterocycles. The molecule has 50 heavy (non-hydrogen) atoms. The zero-order valence-corrected chi connectivity index (χ0v) is 27.4. The first-order valence-electron chi connectivity index (χ1n) is 15.7. The van der Waals surface area contributed by atoms with Crippen molar-refractivity contribution in [2.45, 2.75) is 81.9 Å². The maximum atomic E-state index is 13.7. The number of carbonyl (C=O) groups is 7. The fraction of sp³-hybridized carbons (Fsp3) is 0.424. The third kappa shape index (κ3) is 11.3. The highest BCUT2D eigenvalue weighted by Crippen LogP contribution is 2.21. The van der Waals surface area contributed by atoms with Gasteiger partial charge in [0.1, 0.15) is 36.0 Å². The number of primary amides is 1. The number of phenols is 1. The van der Waals surface area contributed by atoms with Crippen LogP contribution in [0.15, 0.2) is 54.6 Å². The third-order valence-corrected chi connectivity index (χ3v) is 7.91. The Kier molecular flexibility index (Phi) is 13.8. The van der Waals surface area contributed by atoms with Gasteiger partial charge in [0, 0.05) is 32.7 Å². The van der Waals surface area contributed by atoms with Crippen molar-refractivity contribution in [3.63, 3.8) is 0 Å². The van der Waals surface area contributed by atoms with Gasteiger partial charge in [0.2, 0.25) is 35.4 Å². The molecule has 0 aromatic heterocycles. The molecule has 1 aliphatic heterocycles. The fourth-order valence-corrected chi connectivity index (χ4v) is 5.47. The number of hydrogen-bond acceptors (Lipinski definition) is 10. The van der Waals surface area contributed by atoms with Crippen molar-refractivity contribution in [2.75, 3.05) is 6.54 Å². The topological polar surface area (TPSA) is 278 Å². The number of aliphatic hydroxyl groups excluding tert-OH is 2. The van der Waals surface area contributed by atoms with E-state index in [0.29, 0.717) is 11.1 Å². The lowest BCUT2D eigenvalue weighted by Crippen LogP contribution is -2.61. The van der Waals surface area contributed by atoms with E-state index in [-0.39, 0.29) is 31.6 Å². The molecule has 6 amide bonds. The molecule has 270 valence electrons. The average Bonchev–Trinajstić information content (AvgIpc) is 3.44. The van der Waals surface area contributed by atoms with Gasteiger partial charge in [0.15, 0.2) is 0 Å². The first kappa shape index (κ1) is 38.9. The molecule has 17 heteroatoms. The molecule has 1 fully saturated rings. The van der Waals surface area contributed by atoms with Crippen molar-refractivity contribution in [2.24, 2.45) is 5.73 Å². The number of aliphatic carboxylic acids is 1. The predicted octanol–water partition coefficient (Wildman–Crippen LogP) is -2.56. The van der Waals surface area contributed by atoms with Crippen LogP contribution in [0.4, 0.5) is 0 Å². The number of carboxylic acid groups (broad SMARTS) is 1. The summed E-state index contributed by atoms with van der Waals surface area (Å²) >= 11 is 0. The quantitative estimate of drug-likeness (QED) is 0.0879. The lowest BCUT2D eigenvalue weighted by atomic mass is 10.0. The summed E-state index contributed by atoms with van der Waals surface area (Å²) in [5.74, 6) is -6.85. The zero-order valence-electron chi connectivity index (χ0n) is 27.4. The van der Waals surface area contributed by atoms with Crippen LogP contribution in [0.5, 0.6) is 5.75 Å². The van der Waals surface area contributed by atoms with E-state index in [4.69, 9.17) is 5.73 Å². The molecule has 17 nitrogen and oxygen atoms in total. The van der Waals surface area contributed by atoms with E-state index in [2.05, 4.69) is 21.3 Å². The van der Waals surface area contributed by atoms with E-state index in [1.54, 1.807) is 42.5 Å². The lowest BCUT2D eigenvalue weighted by molar-refractivity contribution is -0.143. The van der Waals surface area contributed by atoms with Crippen LogP contribution in [0.25, 0.3) is 0 Å². The Hall–Kier alpha value is -5.55. The number of phenolic OH excluding ortho intramolecular Hbond substituents is 1. The number of nitrogens with two attached hydrogens (primary N) is 1. The van der Waals surface area contributed by atoms with Gasteiger partial charge in [-0.1, -0.05) is 42.5 Å². The number of nitrogens with one attached hydrogen (secondary N) is 4. The maximum absolute atomic E-state index is 13.7. The molecule has 2 aromatic carbocycles. The largest absolute Gasteiger partial charge is 0.508 e. The van der Waals surface area contributed by atoms with Gasteiger partial charge in [0.05, 0.1) is 18.6 Å². The van der Waals surface area contributed by atoms with E-state index < -0.39 is 90.3 Å². The molecule has 3 rings (SSSR count). The van der Waals surface area contributed by atoms with Crippen LogP contribution in [0, 0.1) is 0 Å². The summed E-state index contributed by atoms with van der Waals surface area (Å²) < 4.78 is 0. The van der Waals surface area contributed by atoms with Gasteiger partial charge < -0.3 is 52.3 Å². The van der Waals surface area contributed by atoms with Crippen molar-refractivity contribution in [3.05, 3.63) is 65.7 Å². The standard InChI is InChI=1S/C33H42N6O11/c1-17(40)28(31(47)37-25(33(49)50)13-19-6-4-3-5-7-19)38-29(45)23(15-27(34)44)36-30(46)26-14-22(43)16-39(26)32(48)24(35-18(2)41)12-20-8-10-21(42)11-9-20/h3-11,17,22-26,28,40,42-43H,12-16H2,1-2H3,(H2,34,44)(H,35,41)(H,36,46)(H,37,47)(H,38,45)(H,49,50)/t17-,22-,23+,24-,25+,26+,28+/m1/s1. The Labute approximate surface area is 287 Å². The van der Waals surface area contributed by atoms with Gasteiger partial charge in [0.25, 0.3) is 0 Å². The molecule has 0 saturated carbocycles. The van der Waals surface area contributed by atoms with Crippen molar-refractivity contribution in [1.29, 1.82) is 0 Å². The summed E-state index contributed by atoms with van der Waals surface area (Å²) in [7, 11) is 0. The number of rotatable bonds is 16. The van der Waals surface area contributed by atoms with E-state index in [0.717, 1.165) is 11.8 Å². The summed E-state index contributed by atoms with van der Waals surface area (Å²) in [6.07, 6.45) is -3.88. The molecule has 0 spiro atoms. The van der Waals surface area contributed by atoms with Gasteiger partial charge >= 0.3 is 5.97 Å². The SMILES string of the molecule is CC(=O)N[C@H](Cc1ccc(O)cc1)C(=O)N1C[C@H](O)C[C@H]1C(=O)N[C@@H](CC(N)=O)C(=O)N[C@H](C(=O)N[C@@H](Cc1ccccc1)C(=O)O)[C@@H](C)O. The van der Waals surface area contributed by atoms with Crippen molar-refractivity contribution in [1.82, 2.24) is 26.2 Å². The molecule has 1 heterocycles. The summed E-state index contributed by atoms with van der Waals surface area (Å²) in [5, 5.41) is 49.4. The second-order valence-corrected chi connectivity index (χ2v) is 12.1. The molecular weight excluding hydrogens is 656 g/mol. The highest BCUT2D eigenvalue weighted by atomic mass is 16.4. The number of aromatic hydroxyl groups is 1. The Balaban J connectivity index is 1.77. The Bertz CT molecular complexity index is 1550. The van der Waals surface area contributed by atoms with Crippen LogP contribution in [0.1, 0.15) is 37.8 Å². The van der Waals surface area contributed by atoms with Gasteiger partial charge in [-0.2, -0.15) is 0 Å². The maximum Gasteiger partial charge on any atom is 0.326 e. The number of carbonyl (C=O) groups excluding carboxylic acids is 6. The van der Waals surface area contributed by atoms with Crippen LogP contribution >= 0.6 is 0 Å². The molecule has 0 bridgehead atoms. The minimum absolute atomic E-state index is 0.0157. The zero-order chi connectivity index (χ0) is 37.1. The van der Waals surface area contributed by atoms with Gasteiger partial charge in [-0.05, 0) is 30.2 Å². The number of β-amino-alcohol motifs (C(OH)–C–C–N with tert-alkyl or cyclic N) is 1. The minimum atomic E-state index is -1.72. The van der Waals surface area contributed by atoms with Crippen LogP contribution in [0.2, 0.25) is 0 Å². The number of carboxylic acids is 1. The van der Waals surface area contributed by atoms with Crippen molar-refractivity contribution >= 4 is 41.4 Å². The Morgan fingerprint density at radius 1 is 0.840 bits per heavy atom. The second kappa shape index (κ2) is 17.7. The number of likely N-dealkylation sites (tertiary alicyclic amines) is 1.